The third-order valence-corrected chi connectivity index (χ3v) is 4.66. The molecule has 2 aliphatic heterocycles. The molecule has 8 nitrogen and oxygen atoms in total. The van der Waals surface area contributed by atoms with Crippen molar-refractivity contribution in [1.82, 2.24) is 24.2 Å². The van der Waals surface area contributed by atoms with Gasteiger partial charge >= 0.3 is 5.69 Å². The standard InChI is InChI=1S/C15H18F2N6O2/c1-21-11-8-22(6-9(11)5-19-21)7-10-4-15(16,17)13(25-10)23-3-2-12(18)20-14(23)24/h2-3,5,10,13H,4,6-8H2,1H3,(H2,18,20,24). The molecule has 0 amide bonds. The minimum absolute atomic E-state index is 0.0115. The second-order valence-corrected chi connectivity index (χ2v) is 6.53. The van der Waals surface area contributed by atoms with Crippen molar-refractivity contribution in [1.29, 1.82) is 0 Å². The number of alkyl halides is 2. The summed E-state index contributed by atoms with van der Waals surface area (Å²) >= 11 is 0. The van der Waals surface area contributed by atoms with E-state index in [9.17, 15) is 13.6 Å². The van der Waals surface area contributed by atoms with Crippen LogP contribution >= 0.6 is 0 Å². The minimum Gasteiger partial charge on any atom is -0.383 e. The van der Waals surface area contributed by atoms with Crippen LogP contribution in [0.4, 0.5) is 14.6 Å². The number of aryl methyl sites for hydroxylation is 1. The Balaban J connectivity index is 1.48. The number of fused-ring (bicyclic) bond motifs is 1. The Morgan fingerprint density at radius 1 is 1.44 bits per heavy atom. The molecule has 4 rings (SSSR count). The van der Waals surface area contributed by atoms with Crippen LogP contribution in [0.5, 0.6) is 0 Å². The molecule has 2 aromatic heterocycles. The highest BCUT2D eigenvalue weighted by molar-refractivity contribution is 5.24. The van der Waals surface area contributed by atoms with E-state index < -0.39 is 30.4 Å². The zero-order valence-corrected chi connectivity index (χ0v) is 13.6. The lowest BCUT2D eigenvalue weighted by Gasteiger charge is -2.21. The minimum atomic E-state index is -3.15. The van der Waals surface area contributed by atoms with Crippen LogP contribution < -0.4 is 11.4 Å². The van der Waals surface area contributed by atoms with Gasteiger partial charge in [0.1, 0.15) is 5.82 Å². The van der Waals surface area contributed by atoms with Gasteiger partial charge in [-0.2, -0.15) is 10.1 Å². The third-order valence-electron chi connectivity index (χ3n) is 4.66. The van der Waals surface area contributed by atoms with Gasteiger partial charge in [0.15, 0.2) is 0 Å². The Bertz CT molecular complexity index is 864. The van der Waals surface area contributed by atoms with E-state index in [1.165, 1.54) is 12.3 Å². The maximum absolute atomic E-state index is 14.4. The lowest BCUT2D eigenvalue weighted by atomic mass is 10.1. The Kier molecular flexibility index (Phi) is 3.62. The molecular weight excluding hydrogens is 334 g/mol. The van der Waals surface area contributed by atoms with Crippen LogP contribution in [0.25, 0.3) is 0 Å². The van der Waals surface area contributed by atoms with E-state index in [0.29, 0.717) is 19.6 Å². The Hall–Kier alpha value is -2.33. The molecule has 25 heavy (non-hydrogen) atoms. The van der Waals surface area contributed by atoms with E-state index in [1.54, 1.807) is 10.9 Å². The lowest BCUT2D eigenvalue weighted by Crippen LogP contribution is -2.35. The number of nitrogens with two attached hydrogens (primary N) is 1. The number of rotatable bonds is 3. The molecule has 10 heteroatoms. The summed E-state index contributed by atoms with van der Waals surface area (Å²) in [4.78, 5) is 17.4. The molecule has 134 valence electrons. The van der Waals surface area contributed by atoms with E-state index in [1.807, 2.05) is 11.9 Å². The number of aromatic nitrogens is 4. The van der Waals surface area contributed by atoms with E-state index in [0.717, 1.165) is 15.8 Å². The Morgan fingerprint density at radius 2 is 2.24 bits per heavy atom. The van der Waals surface area contributed by atoms with Gasteiger partial charge in [-0.3, -0.25) is 14.1 Å². The number of hydrogen-bond donors (Lipinski definition) is 1. The van der Waals surface area contributed by atoms with E-state index >= 15 is 0 Å². The highest BCUT2D eigenvalue weighted by Gasteiger charge is 2.52. The van der Waals surface area contributed by atoms with E-state index in [-0.39, 0.29) is 5.82 Å². The monoisotopic (exact) mass is 352 g/mol. The van der Waals surface area contributed by atoms with Crippen molar-refractivity contribution in [3.63, 3.8) is 0 Å². The maximum atomic E-state index is 14.4. The molecule has 0 aromatic carbocycles. The van der Waals surface area contributed by atoms with Gasteiger partial charge in [0.25, 0.3) is 5.92 Å². The van der Waals surface area contributed by atoms with Crippen LogP contribution in [0, 0.1) is 0 Å². The normalized spacial score (nSPS) is 25.4. The molecule has 0 spiro atoms. The molecule has 1 fully saturated rings. The summed E-state index contributed by atoms with van der Waals surface area (Å²) in [7, 11) is 1.86. The summed E-state index contributed by atoms with van der Waals surface area (Å²) in [5.74, 6) is -3.16. The summed E-state index contributed by atoms with van der Waals surface area (Å²) < 4.78 is 36.9. The highest BCUT2D eigenvalue weighted by Crippen LogP contribution is 2.42. The van der Waals surface area contributed by atoms with Gasteiger partial charge in [-0.25, -0.2) is 13.6 Å². The second-order valence-electron chi connectivity index (χ2n) is 6.53. The van der Waals surface area contributed by atoms with Crippen molar-refractivity contribution >= 4 is 5.82 Å². The summed E-state index contributed by atoms with van der Waals surface area (Å²) in [6.07, 6.45) is 0.209. The SMILES string of the molecule is Cn1ncc2c1CN(CC1CC(F)(F)C(n3ccc(N)nc3=O)O1)C2. The quantitative estimate of drug-likeness (QED) is 0.865. The number of anilines is 1. The van der Waals surface area contributed by atoms with E-state index in [2.05, 4.69) is 10.1 Å². The third kappa shape index (κ3) is 2.81. The van der Waals surface area contributed by atoms with Crippen molar-refractivity contribution in [2.75, 3.05) is 12.3 Å². The molecule has 0 aliphatic carbocycles. The number of nitrogens with zero attached hydrogens (tertiary/aromatic N) is 5. The first-order chi connectivity index (χ1) is 11.8. The maximum Gasteiger partial charge on any atom is 0.351 e. The van der Waals surface area contributed by atoms with Gasteiger partial charge in [0.2, 0.25) is 6.23 Å². The molecule has 2 atom stereocenters. The Labute approximate surface area is 141 Å². The molecule has 1 saturated heterocycles. The fraction of sp³-hybridized carbons (Fsp3) is 0.533. The predicted molar refractivity (Wildman–Crippen MR) is 83.7 cm³/mol. The van der Waals surface area contributed by atoms with Gasteiger partial charge in [0.05, 0.1) is 18.0 Å². The summed E-state index contributed by atoms with van der Waals surface area (Å²) in [5, 5.41) is 4.18. The van der Waals surface area contributed by atoms with Crippen LogP contribution in [-0.2, 0) is 24.9 Å². The zero-order chi connectivity index (χ0) is 17.8. The summed E-state index contributed by atoms with van der Waals surface area (Å²) in [6, 6.07) is 1.30. The second kappa shape index (κ2) is 5.60. The fourth-order valence-electron chi connectivity index (χ4n) is 3.49. The van der Waals surface area contributed by atoms with Crippen LogP contribution in [0.3, 0.4) is 0 Å². The van der Waals surface area contributed by atoms with Gasteiger partial charge in [-0.15, -0.1) is 0 Å². The molecule has 2 aromatic rings. The number of hydrogen-bond acceptors (Lipinski definition) is 6. The van der Waals surface area contributed by atoms with Crippen LogP contribution in [-0.4, -0.2) is 42.8 Å². The molecule has 0 bridgehead atoms. The number of ether oxygens (including phenoxy) is 1. The molecule has 2 N–H and O–H groups in total. The first kappa shape index (κ1) is 16.2. The van der Waals surface area contributed by atoms with Crippen LogP contribution in [0.1, 0.15) is 23.9 Å². The van der Waals surface area contributed by atoms with Crippen LogP contribution in [0.2, 0.25) is 0 Å². The fourth-order valence-corrected chi connectivity index (χ4v) is 3.49. The predicted octanol–water partition coefficient (Wildman–Crippen LogP) is 0.498. The number of nitrogen functional groups attached to an aromatic ring is 1. The molecule has 0 radical (unpaired) electrons. The first-order valence-electron chi connectivity index (χ1n) is 7.93. The molecule has 2 unspecified atom stereocenters. The van der Waals surface area contributed by atoms with Crippen molar-refractivity contribution in [3.8, 4) is 0 Å². The molecular formula is C15H18F2N6O2. The first-order valence-corrected chi connectivity index (χ1v) is 7.93. The van der Waals surface area contributed by atoms with Gasteiger partial charge in [-0.05, 0) is 6.07 Å². The molecule has 0 saturated carbocycles. The molecule has 2 aliphatic rings. The largest absolute Gasteiger partial charge is 0.383 e. The topological polar surface area (TPSA) is 91.2 Å². The summed E-state index contributed by atoms with van der Waals surface area (Å²) in [6.45, 7) is 1.66. The van der Waals surface area contributed by atoms with Gasteiger partial charge in [0, 0.05) is 44.9 Å². The van der Waals surface area contributed by atoms with Gasteiger partial charge < -0.3 is 10.5 Å². The van der Waals surface area contributed by atoms with Crippen molar-refractivity contribution in [2.45, 2.75) is 37.8 Å². The van der Waals surface area contributed by atoms with Crippen molar-refractivity contribution < 1.29 is 13.5 Å². The zero-order valence-electron chi connectivity index (χ0n) is 13.6. The van der Waals surface area contributed by atoms with Crippen molar-refractivity contribution in [3.05, 3.63) is 40.2 Å². The average molecular weight is 352 g/mol. The van der Waals surface area contributed by atoms with Gasteiger partial charge in [-0.1, -0.05) is 0 Å². The number of halogens is 2. The lowest BCUT2D eigenvalue weighted by molar-refractivity contribution is -0.118. The van der Waals surface area contributed by atoms with Crippen molar-refractivity contribution in [2.24, 2.45) is 7.05 Å². The molecule has 4 heterocycles. The smallest absolute Gasteiger partial charge is 0.351 e. The van der Waals surface area contributed by atoms with Crippen LogP contribution in [0.15, 0.2) is 23.3 Å². The summed E-state index contributed by atoms with van der Waals surface area (Å²) in [5.41, 5.74) is 6.75. The highest BCUT2D eigenvalue weighted by atomic mass is 19.3. The Morgan fingerprint density at radius 3 is 2.96 bits per heavy atom. The van der Waals surface area contributed by atoms with E-state index in [4.69, 9.17) is 10.5 Å². The average Bonchev–Trinajstić information content (AvgIpc) is 3.15.